The molecule has 3 heteroatoms. The van der Waals surface area contributed by atoms with E-state index < -0.39 is 0 Å². The minimum atomic E-state index is -0.0742. The molecule has 0 aliphatic rings. The molecular weight excluding hydrogens is 222 g/mol. The summed E-state index contributed by atoms with van der Waals surface area (Å²) in [5, 5.41) is 11.7. The Kier molecular flexibility index (Phi) is 4.61. The summed E-state index contributed by atoms with van der Waals surface area (Å²) in [6, 6.07) is 20.2. The van der Waals surface area contributed by atoms with Gasteiger partial charge in [-0.3, -0.25) is 5.32 Å². The van der Waals surface area contributed by atoms with Gasteiger partial charge in [0, 0.05) is 0 Å². The maximum Gasteiger partial charge on any atom is 0.146 e. The van der Waals surface area contributed by atoms with Crippen LogP contribution < -0.4 is 5.32 Å². The lowest BCUT2D eigenvalue weighted by Gasteiger charge is -2.09. The molecule has 2 aromatic rings. The molecule has 2 rings (SSSR count). The van der Waals surface area contributed by atoms with Crippen molar-refractivity contribution in [1.29, 1.82) is 0 Å². The van der Waals surface area contributed by atoms with Crippen LogP contribution in [0.3, 0.4) is 0 Å². The van der Waals surface area contributed by atoms with Crippen LogP contribution in [0, 0.1) is 0 Å². The van der Waals surface area contributed by atoms with Gasteiger partial charge in [-0.15, -0.1) is 0 Å². The summed E-state index contributed by atoms with van der Waals surface area (Å²) in [6.45, 7) is 0.617. The molecule has 1 N–H and O–H groups in total. The van der Waals surface area contributed by atoms with Crippen LogP contribution >= 0.6 is 0 Å². The molecule has 0 aliphatic carbocycles. The van der Waals surface area contributed by atoms with Crippen molar-refractivity contribution in [2.24, 2.45) is 10.2 Å². The summed E-state index contributed by atoms with van der Waals surface area (Å²) in [4.78, 5) is 0. The van der Waals surface area contributed by atoms with Gasteiger partial charge in [-0.1, -0.05) is 60.7 Å². The fraction of sp³-hybridized carbons (Fsp3) is 0.200. The van der Waals surface area contributed by atoms with Crippen molar-refractivity contribution in [3.8, 4) is 0 Å². The molecule has 0 heterocycles. The van der Waals surface area contributed by atoms with E-state index in [0.717, 1.165) is 5.56 Å². The summed E-state index contributed by atoms with van der Waals surface area (Å²) in [5.74, 6) is 0. The summed E-state index contributed by atoms with van der Waals surface area (Å²) in [6.07, 6.45) is -0.0742. The lowest BCUT2D eigenvalue weighted by Crippen LogP contribution is -2.13. The first kappa shape index (κ1) is 12.5. The highest BCUT2D eigenvalue weighted by Gasteiger charge is 2.05. The van der Waals surface area contributed by atoms with Gasteiger partial charge in [0.2, 0.25) is 0 Å². The Morgan fingerprint density at radius 2 is 1.56 bits per heavy atom. The third-order valence-electron chi connectivity index (χ3n) is 2.68. The first-order valence-electron chi connectivity index (χ1n) is 6.03. The molecule has 0 spiro atoms. The summed E-state index contributed by atoms with van der Waals surface area (Å²) in [5.41, 5.74) is 2.29. The van der Waals surface area contributed by atoms with E-state index in [2.05, 4.69) is 27.7 Å². The van der Waals surface area contributed by atoms with Crippen molar-refractivity contribution in [3.05, 3.63) is 71.8 Å². The Balaban J connectivity index is 1.99. The molecule has 1 unspecified atom stereocenters. The number of rotatable bonds is 5. The van der Waals surface area contributed by atoms with Crippen LogP contribution in [-0.4, -0.2) is 7.05 Å². The molecule has 0 saturated heterocycles. The second-order valence-electron chi connectivity index (χ2n) is 4.00. The van der Waals surface area contributed by atoms with Crippen LogP contribution in [0.2, 0.25) is 0 Å². The van der Waals surface area contributed by atoms with E-state index in [-0.39, 0.29) is 6.17 Å². The summed E-state index contributed by atoms with van der Waals surface area (Å²) < 4.78 is 0. The minimum absolute atomic E-state index is 0.0742. The van der Waals surface area contributed by atoms with E-state index in [1.54, 1.807) is 0 Å². The van der Waals surface area contributed by atoms with Gasteiger partial charge in [0.1, 0.15) is 6.17 Å². The van der Waals surface area contributed by atoms with Gasteiger partial charge in [-0.05, 0) is 18.2 Å². The summed E-state index contributed by atoms with van der Waals surface area (Å²) in [7, 11) is 1.89. The Labute approximate surface area is 108 Å². The van der Waals surface area contributed by atoms with E-state index in [0.29, 0.717) is 6.54 Å². The molecule has 3 nitrogen and oxygen atoms in total. The van der Waals surface area contributed by atoms with Crippen molar-refractivity contribution in [1.82, 2.24) is 5.32 Å². The molecule has 0 fully saturated rings. The van der Waals surface area contributed by atoms with Crippen molar-refractivity contribution >= 4 is 0 Å². The quantitative estimate of drug-likeness (QED) is 0.796. The van der Waals surface area contributed by atoms with Crippen LogP contribution in [0.4, 0.5) is 0 Å². The van der Waals surface area contributed by atoms with Crippen LogP contribution in [0.25, 0.3) is 0 Å². The van der Waals surface area contributed by atoms with Crippen LogP contribution in [-0.2, 0) is 6.54 Å². The zero-order chi connectivity index (χ0) is 12.6. The zero-order valence-electron chi connectivity index (χ0n) is 10.5. The Hall–Kier alpha value is -2.00. The fourth-order valence-electron chi connectivity index (χ4n) is 1.71. The molecule has 0 aliphatic heterocycles. The van der Waals surface area contributed by atoms with E-state index in [9.17, 15) is 0 Å². The number of hydrogen-bond acceptors (Lipinski definition) is 3. The number of benzene rings is 2. The van der Waals surface area contributed by atoms with Crippen LogP contribution in [0.5, 0.6) is 0 Å². The highest BCUT2D eigenvalue weighted by atomic mass is 15.2. The largest absolute Gasteiger partial charge is 0.294 e. The van der Waals surface area contributed by atoms with Crippen molar-refractivity contribution in [2.75, 3.05) is 7.05 Å². The van der Waals surface area contributed by atoms with Gasteiger partial charge in [-0.25, -0.2) is 0 Å². The molecular formula is C15H17N3. The average Bonchev–Trinajstić information content (AvgIpc) is 2.46. The van der Waals surface area contributed by atoms with Crippen molar-refractivity contribution in [3.63, 3.8) is 0 Å². The van der Waals surface area contributed by atoms with Gasteiger partial charge >= 0.3 is 0 Å². The van der Waals surface area contributed by atoms with Crippen molar-refractivity contribution < 1.29 is 0 Å². The first-order valence-corrected chi connectivity index (χ1v) is 6.03. The zero-order valence-corrected chi connectivity index (χ0v) is 10.5. The van der Waals surface area contributed by atoms with Gasteiger partial charge in [-0.2, -0.15) is 10.2 Å². The topological polar surface area (TPSA) is 36.8 Å². The second-order valence-corrected chi connectivity index (χ2v) is 4.00. The Morgan fingerprint density at radius 1 is 0.944 bits per heavy atom. The Morgan fingerprint density at radius 3 is 2.17 bits per heavy atom. The lowest BCUT2D eigenvalue weighted by atomic mass is 10.2. The molecule has 0 aromatic heterocycles. The fourth-order valence-corrected chi connectivity index (χ4v) is 1.71. The smallest absolute Gasteiger partial charge is 0.146 e. The molecule has 1 atom stereocenters. The Bertz CT molecular complexity index is 480. The van der Waals surface area contributed by atoms with Crippen molar-refractivity contribution in [2.45, 2.75) is 12.7 Å². The van der Waals surface area contributed by atoms with E-state index in [1.807, 2.05) is 55.6 Å². The van der Waals surface area contributed by atoms with Gasteiger partial charge < -0.3 is 0 Å². The minimum Gasteiger partial charge on any atom is -0.294 e. The first-order chi connectivity index (χ1) is 8.90. The molecule has 0 radical (unpaired) electrons. The number of azo groups is 1. The van der Waals surface area contributed by atoms with E-state index in [1.165, 1.54) is 5.56 Å². The maximum atomic E-state index is 4.32. The molecule has 0 bridgehead atoms. The predicted molar refractivity (Wildman–Crippen MR) is 73.2 cm³/mol. The highest BCUT2D eigenvalue weighted by molar-refractivity contribution is 5.18. The van der Waals surface area contributed by atoms with E-state index >= 15 is 0 Å². The molecule has 18 heavy (non-hydrogen) atoms. The third kappa shape index (κ3) is 3.50. The second kappa shape index (κ2) is 6.67. The monoisotopic (exact) mass is 239 g/mol. The SMILES string of the molecule is CNC(N=NCc1ccccc1)c1ccccc1. The van der Waals surface area contributed by atoms with Crippen LogP contribution in [0.1, 0.15) is 17.3 Å². The molecule has 0 amide bonds. The van der Waals surface area contributed by atoms with Crippen LogP contribution in [0.15, 0.2) is 70.9 Å². The molecule has 0 saturated carbocycles. The lowest BCUT2D eigenvalue weighted by molar-refractivity contribution is 0.580. The number of nitrogens with zero attached hydrogens (tertiary/aromatic N) is 2. The van der Waals surface area contributed by atoms with Gasteiger partial charge in [0.15, 0.2) is 0 Å². The standard InChI is InChI=1S/C15H17N3/c1-16-15(14-10-6-3-7-11-14)18-17-12-13-8-4-2-5-9-13/h2-11,15-16H,12H2,1H3. The normalized spacial score (nSPS) is 12.7. The molecule has 92 valence electrons. The van der Waals surface area contributed by atoms with E-state index in [4.69, 9.17) is 0 Å². The summed E-state index contributed by atoms with van der Waals surface area (Å²) >= 11 is 0. The predicted octanol–water partition coefficient (Wildman–Crippen LogP) is 3.56. The average molecular weight is 239 g/mol. The number of hydrogen-bond donors (Lipinski definition) is 1. The molecule has 2 aromatic carbocycles. The van der Waals surface area contributed by atoms with Gasteiger partial charge in [0.25, 0.3) is 0 Å². The maximum absolute atomic E-state index is 4.32. The highest BCUT2D eigenvalue weighted by Crippen LogP contribution is 2.14. The number of nitrogens with one attached hydrogen (secondary N) is 1. The van der Waals surface area contributed by atoms with Gasteiger partial charge in [0.05, 0.1) is 6.54 Å². The third-order valence-corrected chi connectivity index (χ3v) is 2.68.